The van der Waals surface area contributed by atoms with E-state index in [0.717, 1.165) is 0 Å². The van der Waals surface area contributed by atoms with Gasteiger partial charge in [0, 0.05) is 0 Å². The van der Waals surface area contributed by atoms with E-state index in [-0.39, 0.29) is 10.6 Å². The average Bonchev–Trinajstić information content (AvgIpc) is 2.74. The highest BCUT2D eigenvalue weighted by atomic mass is 32.2. The van der Waals surface area contributed by atoms with Crippen LogP contribution in [0.3, 0.4) is 0 Å². The van der Waals surface area contributed by atoms with Gasteiger partial charge in [-0.15, -0.1) is 11.3 Å². The molecule has 0 spiro atoms. The predicted molar refractivity (Wildman–Crippen MR) is 63.9 cm³/mol. The Kier molecular flexibility index (Phi) is 3.12. The maximum absolute atomic E-state index is 12.0. The molecule has 2 rings (SSSR count). The first-order chi connectivity index (χ1) is 8.00. The molecule has 0 bridgehead atoms. The van der Waals surface area contributed by atoms with Crippen molar-refractivity contribution in [1.82, 2.24) is 4.98 Å². The minimum atomic E-state index is -3.56. The van der Waals surface area contributed by atoms with Crippen LogP contribution in [0.1, 0.15) is 6.42 Å². The highest BCUT2D eigenvalue weighted by Crippen LogP contribution is 2.26. The monoisotopic (exact) mass is 271 g/mol. The summed E-state index contributed by atoms with van der Waals surface area (Å²) >= 11 is 1.24. The third-order valence-corrected chi connectivity index (χ3v) is 5.00. The molecule has 5 nitrogen and oxygen atoms in total. The fraction of sp³-hybridized carbons (Fsp3) is 0.200. The van der Waals surface area contributed by atoms with E-state index >= 15 is 0 Å². The lowest BCUT2D eigenvalue weighted by Gasteiger charge is -2.03. The maximum atomic E-state index is 12.0. The van der Waals surface area contributed by atoms with Crippen LogP contribution in [0.25, 0.3) is 10.2 Å². The van der Waals surface area contributed by atoms with E-state index in [2.05, 4.69) is 4.98 Å². The van der Waals surface area contributed by atoms with Crippen LogP contribution in [-0.4, -0.2) is 30.2 Å². The molecule has 1 heterocycles. The number of aromatic nitrogens is 1. The number of hydrogen-bond donors (Lipinski definition) is 1. The fourth-order valence-corrected chi connectivity index (χ4v) is 4.00. The zero-order chi connectivity index (χ0) is 12.5. The van der Waals surface area contributed by atoms with Crippen LogP contribution in [0.5, 0.6) is 0 Å². The van der Waals surface area contributed by atoms with Crippen LogP contribution >= 0.6 is 11.3 Å². The van der Waals surface area contributed by atoms with Gasteiger partial charge in [-0.3, -0.25) is 4.79 Å². The van der Waals surface area contributed by atoms with Crippen molar-refractivity contribution in [3.05, 3.63) is 23.7 Å². The van der Waals surface area contributed by atoms with Gasteiger partial charge in [0.15, 0.2) is 9.84 Å². The molecule has 0 radical (unpaired) electrons. The number of nitrogens with zero attached hydrogens (tertiary/aromatic N) is 1. The van der Waals surface area contributed by atoms with Crippen molar-refractivity contribution in [3.63, 3.8) is 0 Å². The summed E-state index contributed by atoms with van der Waals surface area (Å²) in [5, 5.41) is 8.52. The van der Waals surface area contributed by atoms with Crippen molar-refractivity contribution in [2.75, 3.05) is 5.75 Å². The smallest absolute Gasteiger partial charge is 0.304 e. The summed E-state index contributed by atoms with van der Waals surface area (Å²) in [6, 6.07) is 4.81. The van der Waals surface area contributed by atoms with Gasteiger partial charge in [-0.1, -0.05) is 6.07 Å². The van der Waals surface area contributed by atoms with Gasteiger partial charge in [0.25, 0.3) is 0 Å². The van der Waals surface area contributed by atoms with E-state index in [0.29, 0.717) is 10.2 Å². The van der Waals surface area contributed by atoms with Gasteiger partial charge in [-0.25, -0.2) is 13.4 Å². The molecule has 1 N–H and O–H groups in total. The first-order valence-electron chi connectivity index (χ1n) is 4.77. The second-order valence-corrected chi connectivity index (χ2v) is 6.35. The molecular weight excluding hydrogens is 262 g/mol. The van der Waals surface area contributed by atoms with Crippen LogP contribution in [0.2, 0.25) is 0 Å². The number of hydrogen-bond acceptors (Lipinski definition) is 5. The fourth-order valence-electron chi connectivity index (χ4n) is 1.44. The summed E-state index contributed by atoms with van der Waals surface area (Å²) in [5.41, 5.74) is 2.19. The number of carboxylic acid groups (broad SMARTS) is 1. The first kappa shape index (κ1) is 12.0. The third kappa shape index (κ3) is 2.45. The van der Waals surface area contributed by atoms with E-state index in [9.17, 15) is 13.2 Å². The molecule has 0 unspecified atom stereocenters. The molecule has 0 aliphatic carbocycles. The summed E-state index contributed by atoms with van der Waals surface area (Å²) in [7, 11) is -3.56. The zero-order valence-corrected chi connectivity index (χ0v) is 10.3. The average molecular weight is 271 g/mol. The van der Waals surface area contributed by atoms with Crippen molar-refractivity contribution < 1.29 is 18.3 Å². The lowest BCUT2D eigenvalue weighted by atomic mass is 10.3. The SMILES string of the molecule is O=C(O)CCS(=O)(=O)c1cccc2ncsc12. The zero-order valence-electron chi connectivity index (χ0n) is 8.66. The predicted octanol–water partition coefficient (Wildman–Crippen LogP) is 1.54. The minimum Gasteiger partial charge on any atom is -0.481 e. The number of carboxylic acids is 1. The molecule has 0 saturated carbocycles. The topological polar surface area (TPSA) is 84.3 Å². The van der Waals surface area contributed by atoms with Gasteiger partial charge in [-0.2, -0.15) is 0 Å². The molecule has 90 valence electrons. The highest BCUT2D eigenvalue weighted by molar-refractivity contribution is 7.91. The Labute approximate surface area is 102 Å². The standard InChI is InChI=1S/C10H9NO4S2/c12-9(13)4-5-17(14,15)8-3-1-2-7-10(8)16-6-11-7/h1-3,6H,4-5H2,(H,12,13). The molecule has 2 aromatic rings. The van der Waals surface area contributed by atoms with Crippen molar-refractivity contribution in [3.8, 4) is 0 Å². The van der Waals surface area contributed by atoms with Crippen molar-refractivity contribution >= 4 is 37.4 Å². The van der Waals surface area contributed by atoms with Gasteiger partial charge < -0.3 is 5.11 Å². The van der Waals surface area contributed by atoms with Crippen molar-refractivity contribution in [2.45, 2.75) is 11.3 Å². The molecule has 0 saturated heterocycles. The van der Waals surface area contributed by atoms with Gasteiger partial charge in [0.2, 0.25) is 0 Å². The second-order valence-electron chi connectivity index (χ2n) is 3.42. The van der Waals surface area contributed by atoms with Gasteiger partial charge in [0.1, 0.15) is 0 Å². The molecule has 17 heavy (non-hydrogen) atoms. The van der Waals surface area contributed by atoms with E-state index in [4.69, 9.17) is 5.11 Å². The maximum Gasteiger partial charge on any atom is 0.304 e. The largest absolute Gasteiger partial charge is 0.481 e. The quantitative estimate of drug-likeness (QED) is 0.911. The van der Waals surface area contributed by atoms with E-state index in [1.807, 2.05) is 0 Å². The Bertz CT molecular complexity index is 660. The number of sulfone groups is 1. The first-order valence-corrected chi connectivity index (χ1v) is 7.30. The third-order valence-electron chi connectivity index (χ3n) is 2.24. The normalized spacial score (nSPS) is 11.8. The molecule has 0 fully saturated rings. The van der Waals surface area contributed by atoms with E-state index < -0.39 is 22.2 Å². The molecule has 0 amide bonds. The lowest BCUT2D eigenvalue weighted by Crippen LogP contribution is -2.11. The molecule has 1 aromatic heterocycles. The Morgan fingerprint density at radius 1 is 1.41 bits per heavy atom. The van der Waals surface area contributed by atoms with Crippen LogP contribution in [0.4, 0.5) is 0 Å². The van der Waals surface area contributed by atoms with E-state index in [1.54, 1.807) is 17.6 Å². The summed E-state index contributed by atoms with van der Waals surface area (Å²) in [5.74, 6) is -1.51. The number of rotatable bonds is 4. The van der Waals surface area contributed by atoms with Gasteiger partial charge >= 0.3 is 5.97 Å². The summed E-state index contributed by atoms with van der Waals surface area (Å²) < 4.78 is 24.5. The summed E-state index contributed by atoms with van der Waals surface area (Å²) in [4.78, 5) is 14.6. The Balaban J connectivity index is 2.45. The van der Waals surface area contributed by atoms with Gasteiger partial charge in [-0.05, 0) is 12.1 Å². The number of benzene rings is 1. The molecule has 0 aliphatic rings. The van der Waals surface area contributed by atoms with Crippen LogP contribution in [0, 0.1) is 0 Å². The van der Waals surface area contributed by atoms with Crippen LogP contribution in [-0.2, 0) is 14.6 Å². The Hall–Kier alpha value is -1.47. The number of thiazole rings is 1. The Morgan fingerprint density at radius 2 is 2.18 bits per heavy atom. The Morgan fingerprint density at radius 3 is 2.88 bits per heavy atom. The van der Waals surface area contributed by atoms with Crippen molar-refractivity contribution in [1.29, 1.82) is 0 Å². The second kappa shape index (κ2) is 4.42. The molecule has 0 aliphatic heterocycles. The van der Waals surface area contributed by atoms with Crippen LogP contribution in [0.15, 0.2) is 28.6 Å². The molecule has 0 atom stereocenters. The lowest BCUT2D eigenvalue weighted by molar-refractivity contribution is -0.136. The molecular formula is C10H9NO4S2. The highest BCUT2D eigenvalue weighted by Gasteiger charge is 2.19. The van der Waals surface area contributed by atoms with E-state index in [1.165, 1.54) is 17.4 Å². The summed E-state index contributed by atoms with van der Waals surface area (Å²) in [6.45, 7) is 0. The number of fused-ring (bicyclic) bond motifs is 1. The minimum absolute atomic E-state index is 0.166. The van der Waals surface area contributed by atoms with Crippen molar-refractivity contribution in [2.24, 2.45) is 0 Å². The summed E-state index contributed by atoms with van der Waals surface area (Å²) in [6.07, 6.45) is -0.391. The van der Waals surface area contributed by atoms with Gasteiger partial charge in [0.05, 0.1) is 32.8 Å². The molecule has 7 heteroatoms. The number of carbonyl (C=O) groups is 1. The molecule has 1 aromatic carbocycles. The van der Waals surface area contributed by atoms with Crippen LogP contribution < -0.4 is 0 Å². The number of aliphatic carboxylic acids is 1.